The van der Waals surface area contributed by atoms with Gasteiger partial charge in [0.2, 0.25) is 5.91 Å². The number of carbonyl (C=O) groups is 1. The van der Waals surface area contributed by atoms with Gasteiger partial charge in [0.1, 0.15) is 0 Å². The third-order valence-electron chi connectivity index (χ3n) is 2.09. The summed E-state index contributed by atoms with van der Waals surface area (Å²) in [5, 5.41) is 11.4. The van der Waals surface area contributed by atoms with E-state index in [-0.39, 0.29) is 12.5 Å². The van der Waals surface area contributed by atoms with Crippen LogP contribution >= 0.6 is 0 Å². The minimum atomic E-state index is 0.113. The van der Waals surface area contributed by atoms with E-state index < -0.39 is 0 Å². The predicted octanol–water partition coefficient (Wildman–Crippen LogP) is 1.70. The summed E-state index contributed by atoms with van der Waals surface area (Å²) in [7, 11) is 0. The number of nitrogens with one attached hydrogen (secondary N) is 1. The Balaban J connectivity index is 3.18. The summed E-state index contributed by atoms with van der Waals surface area (Å²) in [5.41, 5.74) is 0. The van der Waals surface area contributed by atoms with Gasteiger partial charge in [0.05, 0.1) is 0 Å². The highest BCUT2D eigenvalue weighted by atomic mass is 16.2. The molecule has 14 heavy (non-hydrogen) atoms. The fraction of sp³-hybridized carbons (Fsp3) is 0.909. The Morgan fingerprint density at radius 1 is 1.29 bits per heavy atom. The molecule has 0 atom stereocenters. The van der Waals surface area contributed by atoms with Crippen LogP contribution in [0.1, 0.15) is 46.0 Å². The molecule has 0 spiro atoms. The summed E-state index contributed by atoms with van der Waals surface area (Å²) in [4.78, 5) is 11.2. The molecular weight excluding hydrogens is 178 g/mol. The molecular formula is C11H23NO2. The smallest absolute Gasteiger partial charge is 0.219 e. The largest absolute Gasteiger partial charge is 0.396 e. The number of hydrogen-bond acceptors (Lipinski definition) is 2. The van der Waals surface area contributed by atoms with Gasteiger partial charge in [0, 0.05) is 19.6 Å². The quantitative estimate of drug-likeness (QED) is 0.587. The standard InChI is InChI=1S/C11H23NO2/c1-10(2)6-5-8-12-11(14)7-3-4-9-13/h10,13H,3-9H2,1-2H3,(H,12,14). The lowest BCUT2D eigenvalue weighted by Gasteiger charge is -2.06. The number of hydrogen-bond donors (Lipinski definition) is 2. The van der Waals surface area contributed by atoms with Gasteiger partial charge < -0.3 is 10.4 Å². The van der Waals surface area contributed by atoms with Crippen molar-refractivity contribution < 1.29 is 9.90 Å². The van der Waals surface area contributed by atoms with Gasteiger partial charge >= 0.3 is 0 Å². The Morgan fingerprint density at radius 2 is 2.00 bits per heavy atom. The van der Waals surface area contributed by atoms with Gasteiger partial charge in [-0.25, -0.2) is 0 Å². The summed E-state index contributed by atoms with van der Waals surface area (Å²) >= 11 is 0. The molecule has 3 nitrogen and oxygen atoms in total. The van der Waals surface area contributed by atoms with Crippen molar-refractivity contribution in [3.05, 3.63) is 0 Å². The second kappa shape index (κ2) is 9.00. The van der Waals surface area contributed by atoms with E-state index in [0.717, 1.165) is 32.2 Å². The maximum Gasteiger partial charge on any atom is 0.219 e. The zero-order valence-electron chi connectivity index (χ0n) is 9.38. The van der Waals surface area contributed by atoms with Gasteiger partial charge in [-0.2, -0.15) is 0 Å². The lowest BCUT2D eigenvalue weighted by atomic mass is 10.1. The first kappa shape index (κ1) is 13.4. The third kappa shape index (κ3) is 9.52. The van der Waals surface area contributed by atoms with Crippen LogP contribution in [0.4, 0.5) is 0 Å². The highest BCUT2D eigenvalue weighted by Gasteiger charge is 2.00. The molecule has 0 aliphatic carbocycles. The molecule has 2 N–H and O–H groups in total. The Bertz CT molecular complexity index is 146. The normalized spacial score (nSPS) is 10.6. The molecule has 3 heteroatoms. The molecule has 0 heterocycles. The Morgan fingerprint density at radius 3 is 2.57 bits per heavy atom. The summed E-state index contributed by atoms with van der Waals surface area (Å²) < 4.78 is 0. The van der Waals surface area contributed by atoms with E-state index in [1.54, 1.807) is 0 Å². The van der Waals surface area contributed by atoms with E-state index in [1.165, 1.54) is 0 Å². The number of rotatable bonds is 8. The van der Waals surface area contributed by atoms with E-state index in [9.17, 15) is 4.79 Å². The van der Waals surface area contributed by atoms with Crippen LogP contribution in [0.5, 0.6) is 0 Å². The Hall–Kier alpha value is -0.570. The topological polar surface area (TPSA) is 49.3 Å². The molecule has 0 aromatic heterocycles. The molecule has 0 fully saturated rings. The molecule has 0 saturated carbocycles. The van der Waals surface area contributed by atoms with Crippen LogP contribution in [0.25, 0.3) is 0 Å². The van der Waals surface area contributed by atoms with Crippen molar-refractivity contribution in [2.75, 3.05) is 13.2 Å². The van der Waals surface area contributed by atoms with Crippen LogP contribution in [0, 0.1) is 5.92 Å². The van der Waals surface area contributed by atoms with E-state index >= 15 is 0 Å². The minimum absolute atomic E-state index is 0.113. The second-order valence-corrected chi connectivity index (χ2v) is 4.07. The maximum atomic E-state index is 11.2. The van der Waals surface area contributed by atoms with Gasteiger partial charge in [0.15, 0.2) is 0 Å². The summed E-state index contributed by atoms with van der Waals surface area (Å²) in [5.74, 6) is 0.823. The monoisotopic (exact) mass is 201 g/mol. The predicted molar refractivity (Wildman–Crippen MR) is 58.0 cm³/mol. The molecule has 84 valence electrons. The van der Waals surface area contributed by atoms with E-state index in [2.05, 4.69) is 19.2 Å². The lowest BCUT2D eigenvalue weighted by Crippen LogP contribution is -2.24. The van der Waals surface area contributed by atoms with Crippen molar-refractivity contribution in [2.45, 2.75) is 46.0 Å². The van der Waals surface area contributed by atoms with Crippen LogP contribution in [0.2, 0.25) is 0 Å². The molecule has 0 radical (unpaired) electrons. The maximum absolute atomic E-state index is 11.2. The van der Waals surface area contributed by atoms with Crippen LogP contribution < -0.4 is 5.32 Å². The first-order valence-electron chi connectivity index (χ1n) is 5.54. The first-order valence-corrected chi connectivity index (χ1v) is 5.54. The lowest BCUT2D eigenvalue weighted by molar-refractivity contribution is -0.121. The number of aliphatic hydroxyl groups is 1. The van der Waals surface area contributed by atoms with Gasteiger partial charge in [-0.3, -0.25) is 4.79 Å². The first-order chi connectivity index (χ1) is 6.66. The summed E-state index contributed by atoms with van der Waals surface area (Å²) in [6.07, 6.45) is 4.27. The molecule has 0 bridgehead atoms. The number of carbonyl (C=O) groups excluding carboxylic acids is 1. The van der Waals surface area contributed by atoms with E-state index in [1.807, 2.05) is 0 Å². The highest BCUT2D eigenvalue weighted by molar-refractivity contribution is 5.75. The molecule has 1 amide bonds. The molecule has 0 aliphatic rings. The highest BCUT2D eigenvalue weighted by Crippen LogP contribution is 2.02. The van der Waals surface area contributed by atoms with Gasteiger partial charge in [0.25, 0.3) is 0 Å². The number of unbranched alkanes of at least 4 members (excludes halogenated alkanes) is 1. The van der Waals surface area contributed by atoms with E-state index in [0.29, 0.717) is 12.3 Å². The van der Waals surface area contributed by atoms with Crippen molar-refractivity contribution in [3.63, 3.8) is 0 Å². The van der Waals surface area contributed by atoms with E-state index in [4.69, 9.17) is 5.11 Å². The van der Waals surface area contributed by atoms with Crippen LogP contribution in [0.15, 0.2) is 0 Å². The van der Waals surface area contributed by atoms with Crippen LogP contribution in [-0.4, -0.2) is 24.2 Å². The minimum Gasteiger partial charge on any atom is -0.396 e. The average Bonchev–Trinajstić information content (AvgIpc) is 2.13. The Labute approximate surface area is 86.9 Å². The third-order valence-corrected chi connectivity index (χ3v) is 2.09. The number of amides is 1. The second-order valence-electron chi connectivity index (χ2n) is 4.07. The van der Waals surface area contributed by atoms with Crippen molar-refractivity contribution in [3.8, 4) is 0 Å². The molecule has 0 aromatic rings. The average molecular weight is 201 g/mol. The van der Waals surface area contributed by atoms with Crippen LogP contribution in [0.3, 0.4) is 0 Å². The van der Waals surface area contributed by atoms with Gasteiger partial charge in [-0.1, -0.05) is 13.8 Å². The fourth-order valence-electron chi connectivity index (χ4n) is 1.22. The van der Waals surface area contributed by atoms with Crippen molar-refractivity contribution in [1.29, 1.82) is 0 Å². The molecule has 0 unspecified atom stereocenters. The van der Waals surface area contributed by atoms with Gasteiger partial charge in [-0.05, 0) is 31.6 Å². The van der Waals surface area contributed by atoms with Gasteiger partial charge in [-0.15, -0.1) is 0 Å². The van der Waals surface area contributed by atoms with Crippen LogP contribution in [-0.2, 0) is 4.79 Å². The number of aliphatic hydroxyl groups excluding tert-OH is 1. The zero-order valence-corrected chi connectivity index (χ0v) is 9.38. The molecule has 0 aliphatic heterocycles. The molecule has 0 saturated heterocycles. The SMILES string of the molecule is CC(C)CCCNC(=O)CCCCO. The van der Waals surface area contributed by atoms with Crippen molar-refractivity contribution >= 4 is 5.91 Å². The summed E-state index contributed by atoms with van der Waals surface area (Å²) in [6, 6.07) is 0. The molecule has 0 aromatic carbocycles. The fourth-order valence-corrected chi connectivity index (χ4v) is 1.22. The van der Waals surface area contributed by atoms with Crippen molar-refractivity contribution in [2.24, 2.45) is 5.92 Å². The molecule has 0 rings (SSSR count). The van der Waals surface area contributed by atoms with Crippen molar-refractivity contribution in [1.82, 2.24) is 5.32 Å². The summed E-state index contributed by atoms with van der Waals surface area (Å²) in [6.45, 7) is 5.34. The zero-order chi connectivity index (χ0) is 10.8. The Kier molecular flexibility index (Phi) is 8.64.